The number of hydrogen-bond donors (Lipinski definition) is 0. The van der Waals surface area contributed by atoms with E-state index in [4.69, 9.17) is 14.2 Å². The van der Waals surface area contributed by atoms with Crippen LogP contribution >= 0.6 is 7.26 Å². The third kappa shape index (κ3) is 8.73. The number of halogens is 2. The van der Waals surface area contributed by atoms with E-state index in [9.17, 15) is 4.79 Å². The molecule has 0 N–H and O–H groups in total. The molecule has 4 nitrogen and oxygen atoms in total. The molecule has 0 aliphatic heterocycles. The Balaban J connectivity index is 0.00000514. The number of aryl methyl sites for hydroxylation is 2. The van der Waals surface area contributed by atoms with E-state index in [1.807, 2.05) is 78.9 Å². The molecule has 55 heavy (non-hydrogen) atoms. The van der Waals surface area contributed by atoms with E-state index in [1.165, 1.54) is 22.0 Å². The van der Waals surface area contributed by atoms with Crippen molar-refractivity contribution in [2.24, 2.45) is 0 Å². The molecule has 276 valence electrons. The fourth-order valence-corrected chi connectivity index (χ4v) is 11.3. The number of ether oxygens (including phenoxy) is 3. The average Bonchev–Trinajstić information content (AvgIpc) is 3.24. The van der Waals surface area contributed by atoms with Crippen molar-refractivity contribution < 1.29 is 40.4 Å². The molecule has 0 bridgehead atoms. The van der Waals surface area contributed by atoms with Gasteiger partial charge in [-0.3, -0.25) is 4.79 Å². The molecule has 0 aromatic heterocycles. The van der Waals surface area contributed by atoms with Crippen molar-refractivity contribution >= 4 is 29.5 Å². The van der Waals surface area contributed by atoms with Gasteiger partial charge in [-0.1, -0.05) is 84.9 Å². The summed E-state index contributed by atoms with van der Waals surface area (Å²) in [5.41, 5.74) is 5.67. The lowest BCUT2D eigenvalue weighted by molar-refractivity contribution is -0.0000183. The molecule has 0 radical (unpaired) electrons. The highest BCUT2D eigenvalue weighted by Crippen LogP contribution is 2.58. The van der Waals surface area contributed by atoms with Gasteiger partial charge in [0.1, 0.15) is 46.7 Å². The molecule has 0 unspecified atom stereocenters. The summed E-state index contributed by atoms with van der Waals surface area (Å²) in [7, 11) is 1.09. The van der Waals surface area contributed by atoms with Crippen LogP contribution in [0.25, 0.3) is 11.1 Å². The maximum Gasteiger partial charge on any atom is 0.165 e. The van der Waals surface area contributed by atoms with E-state index >= 15 is 4.39 Å². The lowest BCUT2D eigenvalue weighted by Gasteiger charge is -2.28. The van der Waals surface area contributed by atoms with Crippen molar-refractivity contribution in [2.45, 2.75) is 19.0 Å². The molecular formula is C48H41BrFO4P. The van der Waals surface area contributed by atoms with Crippen LogP contribution in [0.4, 0.5) is 4.39 Å². The van der Waals surface area contributed by atoms with E-state index in [-0.39, 0.29) is 22.7 Å². The molecule has 7 aromatic carbocycles. The Morgan fingerprint density at radius 3 is 1.67 bits per heavy atom. The van der Waals surface area contributed by atoms with Crippen LogP contribution in [0.1, 0.15) is 27.0 Å². The molecule has 0 aliphatic rings. The first kappa shape index (κ1) is 39.2. The Hall–Kier alpha value is -5.55. The van der Waals surface area contributed by atoms with Crippen LogP contribution in [0.3, 0.4) is 0 Å². The van der Waals surface area contributed by atoms with Gasteiger partial charge in [0.15, 0.2) is 11.6 Å². The lowest BCUT2D eigenvalue weighted by atomic mass is 9.93. The molecule has 7 aromatic rings. The van der Waals surface area contributed by atoms with E-state index in [0.29, 0.717) is 23.2 Å². The Bertz CT molecular complexity index is 2240. The van der Waals surface area contributed by atoms with Crippen LogP contribution in [0, 0.1) is 5.82 Å². The Morgan fingerprint density at radius 2 is 1.11 bits per heavy atom. The summed E-state index contributed by atoms with van der Waals surface area (Å²) in [5.74, 6) is 1.75. The molecule has 0 aliphatic carbocycles. The first-order valence-corrected chi connectivity index (χ1v) is 19.9. The molecule has 0 heterocycles. The van der Waals surface area contributed by atoms with E-state index in [1.54, 1.807) is 26.4 Å². The van der Waals surface area contributed by atoms with E-state index in [2.05, 4.69) is 72.8 Å². The largest absolute Gasteiger partial charge is 1.00 e. The number of aldehydes is 1. The number of carbonyl (C=O) groups is 1. The van der Waals surface area contributed by atoms with Crippen LogP contribution in [-0.4, -0.2) is 20.5 Å². The molecule has 7 rings (SSSR count). The van der Waals surface area contributed by atoms with Gasteiger partial charge in [0.25, 0.3) is 0 Å². The summed E-state index contributed by atoms with van der Waals surface area (Å²) >= 11 is 0. The van der Waals surface area contributed by atoms with Gasteiger partial charge in [-0.05, 0) is 120 Å². The van der Waals surface area contributed by atoms with Crippen molar-refractivity contribution in [1.82, 2.24) is 0 Å². The predicted octanol–water partition coefficient (Wildman–Crippen LogP) is 7.40. The standard InChI is InChI=1S/C48H41FO4P.BrH/c1-51-40-26-28-44(45-27-21-36(33-50)30-47(45)52-2)38(32-40)23-18-35-19-24-39(25-20-35)53-48-31-37(22-29-46(48)49)34-54(41-12-6-3-7-13-41,42-14-8-4-9-15-42)43-16-10-5-11-17-43;/h3-17,19-22,24-33H,18,23,34H2,1-2H3;1H/q+1;/p-1. The zero-order chi connectivity index (χ0) is 37.3. The Labute approximate surface area is 333 Å². The fourth-order valence-electron chi connectivity index (χ4n) is 7.07. The van der Waals surface area contributed by atoms with Crippen molar-refractivity contribution in [3.8, 4) is 34.1 Å². The minimum atomic E-state index is -2.18. The van der Waals surface area contributed by atoms with E-state index in [0.717, 1.165) is 52.7 Å². The third-order valence-corrected chi connectivity index (χ3v) is 14.2. The van der Waals surface area contributed by atoms with Crippen LogP contribution < -0.4 is 47.1 Å². The minimum Gasteiger partial charge on any atom is -1.00 e. The number of hydrogen-bond acceptors (Lipinski definition) is 4. The van der Waals surface area contributed by atoms with Gasteiger partial charge in [-0.2, -0.15) is 0 Å². The summed E-state index contributed by atoms with van der Waals surface area (Å²) in [5, 5.41) is 3.79. The number of rotatable bonds is 14. The quantitative estimate of drug-likeness (QED) is 0.0850. The second-order valence-electron chi connectivity index (χ2n) is 13.1. The molecule has 0 saturated carbocycles. The summed E-state index contributed by atoms with van der Waals surface area (Å²) < 4.78 is 32.9. The van der Waals surface area contributed by atoms with Gasteiger partial charge < -0.3 is 31.2 Å². The fraction of sp³-hybridized carbons (Fsp3) is 0.104. The molecule has 0 spiro atoms. The van der Waals surface area contributed by atoms with Crippen molar-refractivity contribution in [1.29, 1.82) is 0 Å². The van der Waals surface area contributed by atoms with Gasteiger partial charge >= 0.3 is 0 Å². The van der Waals surface area contributed by atoms with Crippen molar-refractivity contribution in [3.05, 3.63) is 198 Å². The van der Waals surface area contributed by atoms with Gasteiger partial charge in [0.05, 0.1) is 20.4 Å². The molecule has 0 atom stereocenters. The maximum absolute atomic E-state index is 15.4. The summed E-state index contributed by atoms with van der Waals surface area (Å²) in [6.07, 6.45) is 3.01. The van der Waals surface area contributed by atoms with Crippen molar-refractivity contribution in [3.63, 3.8) is 0 Å². The first-order chi connectivity index (χ1) is 26.5. The minimum absolute atomic E-state index is 0. The third-order valence-electron chi connectivity index (χ3n) is 9.80. The van der Waals surface area contributed by atoms with E-state index < -0.39 is 13.1 Å². The van der Waals surface area contributed by atoms with Gasteiger partial charge in [0, 0.05) is 11.1 Å². The highest BCUT2D eigenvalue weighted by atomic mass is 79.9. The zero-order valence-corrected chi connectivity index (χ0v) is 33.2. The normalized spacial score (nSPS) is 11.0. The van der Waals surface area contributed by atoms with Crippen LogP contribution in [0.15, 0.2) is 170 Å². The van der Waals surface area contributed by atoms with Crippen LogP contribution in [0.2, 0.25) is 0 Å². The van der Waals surface area contributed by atoms with Crippen LogP contribution in [0.5, 0.6) is 23.0 Å². The molecule has 0 saturated heterocycles. The lowest BCUT2D eigenvalue weighted by Crippen LogP contribution is -3.00. The number of methoxy groups -OCH3 is 2. The molecular weight excluding hydrogens is 770 g/mol. The first-order valence-electron chi connectivity index (χ1n) is 17.9. The monoisotopic (exact) mass is 810 g/mol. The van der Waals surface area contributed by atoms with Gasteiger partial charge in [-0.15, -0.1) is 0 Å². The smallest absolute Gasteiger partial charge is 0.165 e. The van der Waals surface area contributed by atoms with Gasteiger partial charge in [0.2, 0.25) is 0 Å². The second-order valence-corrected chi connectivity index (χ2v) is 16.6. The molecule has 7 heteroatoms. The highest BCUT2D eigenvalue weighted by molar-refractivity contribution is 7.95. The molecule has 0 amide bonds. The summed E-state index contributed by atoms with van der Waals surface area (Å²) in [6, 6.07) is 56.6. The Kier molecular flexibility index (Phi) is 12.9. The molecule has 0 fully saturated rings. The van der Waals surface area contributed by atoms with Crippen LogP contribution in [-0.2, 0) is 19.0 Å². The summed E-state index contributed by atoms with van der Waals surface area (Å²) in [4.78, 5) is 11.4. The maximum atomic E-state index is 15.4. The zero-order valence-electron chi connectivity index (χ0n) is 30.7. The number of carbonyl (C=O) groups excluding carboxylic acids is 1. The predicted molar refractivity (Wildman–Crippen MR) is 220 cm³/mol. The average molecular weight is 812 g/mol. The summed E-state index contributed by atoms with van der Waals surface area (Å²) in [6.45, 7) is 0. The SMILES string of the molecule is COc1ccc(-c2ccc(C=O)cc2OC)c(CCc2ccc(Oc3cc(C[P+](c4ccccc4)(c4ccccc4)c4ccccc4)ccc3F)cc2)c1.[Br-]. The second kappa shape index (κ2) is 18.2. The Morgan fingerprint density at radius 1 is 0.545 bits per heavy atom. The topological polar surface area (TPSA) is 44.8 Å². The van der Waals surface area contributed by atoms with Crippen molar-refractivity contribution in [2.75, 3.05) is 14.2 Å². The van der Waals surface area contributed by atoms with Gasteiger partial charge in [-0.25, -0.2) is 4.39 Å². The highest BCUT2D eigenvalue weighted by Gasteiger charge is 2.45. The number of benzene rings is 7.